The molecule has 1 aromatic carbocycles. The van der Waals surface area contributed by atoms with Crippen molar-refractivity contribution >= 4 is 11.6 Å². The van der Waals surface area contributed by atoms with Crippen molar-refractivity contribution < 1.29 is 0 Å². The number of hydrogen-bond donors (Lipinski definition) is 0. The fourth-order valence-corrected chi connectivity index (χ4v) is 3.22. The van der Waals surface area contributed by atoms with Crippen LogP contribution in [0.5, 0.6) is 0 Å². The van der Waals surface area contributed by atoms with E-state index in [2.05, 4.69) is 22.3 Å². The molecular weight excluding hydrogens is 322 g/mol. The van der Waals surface area contributed by atoms with Gasteiger partial charge in [-0.3, -0.25) is 9.36 Å². The van der Waals surface area contributed by atoms with Crippen LogP contribution in [0.15, 0.2) is 24.3 Å². The van der Waals surface area contributed by atoms with Crippen molar-refractivity contribution in [2.45, 2.75) is 27.3 Å². The topological polar surface area (TPSA) is 59.4 Å². The molecule has 0 aliphatic heterocycles. The lowest BCUT2D eigenvalue weighted by molar-refractivity contribution is 0.603. The molecular formula is C18H18ClN5. The van der Waals surface area contributed by atoms with Crippen LogP contribution >= 0.6 is 11.6 Å². The van der Waals surface area contributed by atoms with Gasteiger partial charge in [0.1, 0.15) is 6.07 Å². The first kappa shape index (κ1) is 16.3. The summed E-state index contributed by atoms with van der Waals surface area (Å²) in [6.45, 7) is 6.67. The number of rotatable bonds is 3. The van der Waals surface area contributed by atoms with Crippen molar-refractivity contribution in [3.63, 3.8) is 0 Å². The molecule has 0 aliphatic rings. The number of benzene rings is 1. The van der Waals surface area contributed by atoms with Crippen LogP contribution < -0.4 is 0 Å². The van der Waals surface area contributed by atoms with Crippen LogP contribution in [0.2, 0.25) is 5.02 Å². The average molecular weight is 340 g/mol. The Morgan fingerprint density at radius 1 is 1.17 bits per heavy atom. The number of halogens is 1. The van der Waals surface area contributed by atoms with E-state index in [1.54, 1.807) is 6.07 Å². The largest absolute Gasteiger partial charge is 0.270 e. The smallest absolute Gasteiger partial charge is 0.101 e. The summed E-state index contributed by atoms with van der Waals surface area (Å²) in [6, 6.07) is 9.65. The molecule has 24 heavy (non-hydrogen) atoms. The zero-order valence-electron chi connectivity index (χ0n) is 14.1. The van der Waals surface area contributed by atoms with Crippen molar-refractivity contribution in [2.75, 3.05) is 0 Å². The van der Waals surface area contributed by atoms with Gasteiger partial charge < -0.3 is 0 Å². The number of nitriles is 1. The maximum Gasteiger partial charge on any atom is 0.101 e. The van der Waals surface area contributed by atoms with Crippen molar-refractivity contribution in [3.05, 3.63) is 57.6 Å². The van der Waals surface area contributed by atoms with E-state index >= 15 is 0 Å². The Labute approximate surface area is 146 Å². The molecule has 3 aromatic rings. The zero-order chi connectivity index (χ0) is 17.4. The third-order valence-corrected chi connectivity index (χ3v) is 4.48. The molecule has 0 amide bonds. The summed E-state index contributed by atoms with van der Waals surface area (Å²) < 4.78 is 3.86. The summed E-state index contributed by atoms with van der Waals surface area (Å²) in [7, 11) is 1.94. The molecule has 0 radical (unpaired) electrons. The molecule has 0 atom stereocenters. The van der Waals surface area contributed by atoms with Gasteiger partial charge >= 0.3 is 0 Å². The quantitative estimate of drug-likeness (QED) is 0.729. The number of aromatic nitrogens is 4. The van der Waals surface area contributed by atoms with Gasteiger partial charge in [0.05, 0.1) is 34.2 Å². The predicted octanol–water partition coefficient (Wildman–Crippen LogP) is 3.78. The standard InChI is InChI=1S/C18H18ClN5/c1-11-7-16(23(4)21-11)10-24-13(3)18(12(2)22-24)14-5-6-15(9-20)17(19)8-14/h5-8H,10H2,1-4H3. The highest BCUT2D eigenvalue weighted by Crippen LogP contribution is 2.30. The molecule has 5 nitrogen and oxygen atoms in total. The first-order chi connectivity index (χ1) is 11.4. The van der Waals surface area contributed by atoms with Gasteiger partial charge in [-0.1, -0.05) is 17.7 Å². The Morgan fingerprint density at radius 3 is 2.50 bits per heavy atom. The Hall–Kier alpha value is -2.58. The Kier molecular flexibility index (Phi) is 4.16. The van der Waals surface area contributed by atoms with Crippen LogP contribution in [0.4, 0.5) is 0 Å². The highest BCUT2D eigenvalue weighted by Gasteiger charge is 2.16. The van der Waals surface area contributed by atoms with E-state index in [-0.39, 0.29) is 0 Å². The highest BCUT2D eigenvalue weighted by molar-refractivity contribution is 6.32. The molecule has 2 heterocycles. The van der Waals surface area contributed by atoms with Crippen molar-refractivity contribution in [1.82, 2.24) is 19.6 Å². The molecule has 0 aliphatic carbocycles. The van der Waals surface area contributed by atoms with Crippen LogP contribution in [0.25, 0.3) is 11.1 Å². The first-order valence-electron chi connectivity index (χ1n) is 7.64. The van der Waals surface area contributed by atoms with Gasteiger partial charge in [0.15, 0.2) is 0 Å². The third-order valence-electron chi connectivity index (χ3n) is 4.17. The molecule has 0 N–H and O–H groups in total. The summed E-state index contributed by atoms with van der Waals surface area (Å²) in [5, 5.41) is 18.5. The summed E-state index contributed by atoms with van der Waals surface area (Å²) >= 11 is 6.18. The second-order valence-corrected chi connectivity index (χ2v) is 6.32. The summed E-state index contributed by atoms with van der Waals surface area (Å²) in [5.74, 6) is 0. The molecule has 2 aromatic heterocycles. The Bertz CT molecular complexity index is 959. The summed E-state index contributed by atoms with van der Waals surface area (Å²) in [6.07, 6.45) is 0. The molecule has 122 valence electrons. The molecule has 6 heteroatoms. The van der Waals surface area contributed by atoms with Gasteiger partial charge in [0.25, 0.3) is 0 Å². The summed E-state index contributed by atoms with van der Waals surface area (Å²) in [4.78, 5) is 0. The normalized spacial score (nSPS) is 10.8. The average Bonchev–Trinajstić information content (AvgIpc) is 2.98. The van der Waals surface area contributed by atoms with Crippen molar-refractivity contribution in [1.29, 1.82) is 5.26 Å². The van der Waals surface area contributed by atoms with E-state index in [1.807, 2.05) is 49.3 Å². The SMILES string of the molecule is Cc1cc(Cn2nc(C)c(-c3ccc(C#N)c(Cl)c3)c2C)n(C)n1. The molecule has 0 spiro atoms. The fourth-order valence-electron chi connectivity index (χ4n) is 3.00. The van der Waals surface area contributed by atoms with E-state index in [0.29, 0.717) is 17.1 Å². The Morgan fingerprint density at radius 2 is 1.92 bits per heavy atom. The van der Waals surface area contributed by atoms with E-state index in [4.69, 9.17) is 16.9 Å². The third kappa shape index (κ3) is 2.81. The minimum absolute atomic E-state index is 0.462. The van der Waals surface area contributed by atoms with E-state index < -0.39 is 0 Å². The molecule has 0 fully saturated rings. The minimum atomic E-state index is 0.462. The molecule has 0 bridgehead atoms. The fraction of sp³-hybridized carbons (Fsp3) is 0.278. The van der Waals surface area contributed by atoms with Crippen LogP contribution in [0.3, 0.4) is 0 Å². The molecule has 0 saturated carbocycles. The lowest BCUT2D eigenvalue weighted by Gasteiger charge is -2.07. The van der Waals surface area contributed by atoms with E-state index in [1.165, 1.54) is 0 Å². The predicted molar refractivity (Wildman–Crippen MR) is 93.9 cm³/mol. The zero-order valence-corrected chi connectivity index (χ0v) is 14.9. The second-order valence-electron chi connectivity index (χ2n) is 5.91. The van der Waals surface area contributed by atoms with Gasteiger partial charge in [-0.2, -0.15) is 15.5 Å². The first-order valence-corrected chi connectivity index (χ1v) is 8.02. The highest BCUT2D eigenvalue weighted by atomic mass is 35.5. The molecule has 0 saturated heterocycles. The lowest BCUT2D eigenvalue weighted by Crippen LogP contribution is -2.08. The number of nitrogens with zero attached hydrogens (tertiary/aromatic N) is 5. The molecule has 3 rings (SSSR count). The minimum Gasteiger partial charge on any atom is -0.270 e. The van der Waals surface area contributed by atoms with E-state index in [9.17, 15) is 0 Å². The van der Waals surface area contributed by atoms with Crippen molar-refractivity contribution in [3.8, 4) is 17.2 Å². The molecule has 0 unspecified atom stereocenters. The maximum absolute atomic E-state index is 9.03. The summed E-state index contributed by atoms with van der Waals surface area (Å²) in [5.41, 5.74) is 6.60. The van der Waals surface area contributed by atoms with Crippen LogP contribution in [0.1, 0.15) is 28.3 Å². The van der Waals surface area contributed by atoms with Crippen LogP contribution in [-0.4, -0.2) is 19.6 Å². The van der Waals surface area contributed by atoms with Gasteiger partial charge in [0.2, 0.25) is 0 Å². The maximum atomic E-state index is 9.03. The van der Waals surface area contributed by atoms with Gasteiger partial charge in [-0.25, -0.2) is 0 Å². The monoisotopic (exact) mass is 339 g/mol. The second kappa shape index (κ2) is 6.14. The number of hydrogen-bond acceptors (Lipinski definition) is 3. The van der Waals surface area contributed by atoms with Gasteiger partial charge in [-0.05, 0) is 44.5 Å². The number of aryl methyl sites for hydroxylation is 3. The van der Waals surface area contributed by atoms with Crippen LogP contribution in [-0.2, 0) is 13.6 Å². The van der Waals surface area contributed by atoms with Crippen LogP contribution in [0, 0.1) is 32.1 Å². The van der Waals surface area contributed by atoms with Gasteiger partial charge in [0, 0.05) is 18.3 Å². The Balaban J connectivity index is 2.02. The van der Waals surface area contributed by atoms with Gasteiger partial charge in [-0.15, -0.1) is 0 Å². The van der Waals surface area contributed by atoms with Crippen molar-refractivity contribution in [2.24, 2.45) is 7.05 Å². The lowest BCUT2D eigenvalue weighted by atomic mass is 10.0. The van der Waals surface area contributed by atoms with E-state index in [0.717, 1.165) is 33.9 Å².